The molecule has 0 saturated heterocycles. The van der Waals surface area contributed by atoms with Gasteiger partial charge in [-0.2, -0.15) is 5.26 Å². The maximum Gasteiger partial charge on any atom is 0.119 e. The van der Waals surface area contributed by atoms with Crippen molar-refractivity contribution in [3.8, 4) is 6.07 Å². The summed E-state index contributed by atoms with van der Waals surface area (Å²) in [5.74, 6) is 0.119. The monoisotopic (exact) mass is 238 g/mol. The van der Waals surface area contributed by atoms with Crippen molar-refractivity contribution >= 4 is 17.3 Å². The van der Waals surface area contributed by atoms with Gasteiger partial charge in [0.2, 0.25) is 0 Å². The SMILES string of the molecule is COCC(C)C(C#N)Nc1cccc(Cl)c1. The lowest BCUT2D eigenvalue weighted by Gasteiger charge is -2.19. The van der Waals surface area contributed by atoms with Crippen LogP contribution < -0.4 is 5.32 Å². The van der Waals surface area contributed by atoms with E-state index in [4.69, 9.17) is 21.6 Å². The number of rotatable bonds is 5. The van der Waals surface area contributed by atoms with Crippen LogP contribution in [-0.4, -0.2) is 19.8 Å². The van der Waals surface area contributed by atoms with Crippen molar-refractivity contribution in [3.63, 3.8) is 0 Å². The highest BCUT2D eigenvalue weighted by atomic mass is 35.5. The summed E-state index contributed by atoms with van der Waals surface area (Å²) in [5.41, 5.74) is 0.849. The number of anilines is 1. The first-order chi connectivity index (χ1) is 7.67. The molecule has 1 aromatic rings. The summed E-state index contributed by atoms with van der Waals surface area (Å²) in [4.78, 5) is 0. The van der Waals surface area contributed by atoms with Crippen LogP contribution in [0, 0.1) is 17.2 Å². The molecule has 16 heavy (non-hydrogen) atoms. The number of nitrogens with one attached hydrogen (secondary N) is 1. The van der Waals surface area contributed by atoms with Gasteiger partial charge in [-0.15, -0.1) is 0 Å². The van der Waals surface area contributed by atoms with E-state index in [0.717, 1.165) is 5.69 Å². The van der Waals surface area contributed by atoms with Gasteiger partial charge in [-0.25, -0.2) is 0 Å². The molecule has 1 rings (SSSR count). The molecule has 0 bridgehead atoms. The molecule has 0 aromatic heterocycles. The molecule has 0 fully saturated rings. The first kappa shape index (κ1) is 12.8. The van der Waals surface area contributed by atoms with Crippen LogP contribution >= 0.6 is 11.6 Å². The van der Waals surface area contributed by atoms with Gasteiger partial charge in [-0.05, 0) is 18.2 Å². The molecule has 2 atom stereocenters. The Morgan fingerprint density at radius 3 is 2.88 bits per heavy atom. The van der Waals surface area contributed by atoms with Gasteiger partial charge in [-0.1, -0.05) is 24.6 Å². The maximum atomic E-state index is 9.05. The first-order valence-electron chi connectivity index (χ1n) is 5.08. The van der Waals surface area contributed by atoms with Crippen LogP contribution in [0.2, 0.25) is 5.02 Å². The van der Waals surface area contributed by atoms with Crippen LogP contribution in [0.25, 0.3) is 0 Å². The fourth-order valence-electron chi connectivity index (χ4n) is 1.42. The maximum absolute atomic E-state index is 9.05. The van der Waals surface area contributed by atoms with Crippen molar-refractivity contribution in [1.29, 1.82) is 5.26 Å². The van der Waals surface area contributed by atoms with Crippen molar-refractivity contribution in [2.75, 3.05) is 19.0 Å². The lowest BCUT2D eigenvalue weighted by atomic mass is 10.0. The Labute approximate surface area is 101 Å². The quantitative estimate of drug-likeness (QED) is 0.858. The standard InChI is InChI=1S/C12H15ClN2O/c1-9(8-16-2)12(7-14)15-11-5-3-4-10(13)6-11/h3-6,9,12,15H,8H2,1-2H3. The van der Waals surface area contributed by atoms with E-state index in [1.54, 1.807) is 19.2 Å². The lowest BCUT2D eigenvalue weighted by molar-refractivity contribution is 0.157. The minimum atomic E-state index is -0.279. The van der Waals surface area contributed by atoms with Crippen molar-refractivity contribution < 1.29 is 4.74 Å². The zero-order valence-corrected chi connectivity index (χ0v) is 10.2. The van der Waals surface area contributed by atoms with Gasteiger partial charge in [0.15, 0.2) is 0 Å². The summed E-state index contributed by atoms with van der Waals surface area (Å²) in [7, 11) is 1.63. The molecule has 0 heterocycles. The van der Waals surface area contributed by atoms with E-state index in [1.807, 2.05) is 19.1 Å². The van der Waals surface area contributed by atoms with E-state index in [2.05, 4.69) is 11.4 Å². The predicted molar refractivity (Wildman–Crippen MR) is 65.5 cm³/mol. The molecule has 0 saturated carbocycles. The average molecular weight is 239 g/mol. The van der Waals surface area contributed by atoms with Crippen molar-refractivity contribution in [2.24, 2.45) is 5.92 Å². The normalized spacial score (nSPS) is 13.9. The fourth-order valence-corrected chi connectivity index (χ4v) is 1.61. The zero-order chi connectivity index (χ0) is 12.0. The minimum Gasteiger partial charge on any atom is -0.384 e. The Morgan fingerprint density at radius 1 is 1.56 bits per heavy atom. The topological polar surface area (TPSA) is 45.0 Å². The van der Waals surface area contributed by atoms with E-state index in [9.17, 15) is 0 Å². The highest BCUT2D eigenvalue weighted by Gasteiger charge is 2.16. The van der Waals surface area contributed by atoms with Crippen LogP contribution in [0.5, 0.6) is 0 Å². The number of methoxy groups -OCH3 is 1. The number of nitrogens with zero attached hydrogens (tertiary/aromatic N) is 1. The van der Waals surface area contributed by atoms with Gasteiger partial charge in [0, 0.05) is 23.7 Å². The highest BCUT2D eigenvalue weighted by molar-refractivity contribution is 6.30. The summed E-state index contributed by atoms with van der Waals surface area (Å²) < 4.78 is 5.03. The van der Waals surface area contributed by atoms with Gasteiger partial charge in [-0.3, -0.25) is 0 Å². The van der Waals surface area contributed by atoms with E-state index in [-0.39, 0.29) is 12.0 Å². The third-order valence-electron chi connectivity index (χ3n) is 2.28. The molecule has 2 unspecified atom stereocenters. The van der Waals surface area contributed by atoms with Crippen LogP contribution in [0.15, 0.2) is 24.3 Å². The third-order valence-corrected chi connectivity index (χ3v) is 2.52. The van der Waals surface area contributed by atoms with Gasteiger partial charge < -0.3 is 10.1 Å². The average Bonchev–Trinajstić information content (AvgIpc) is 2.26. The number of ether oxygens (including phenoxy) is 1. The molecule has 0 spiro atoms. The molecule has 0 amide bonds. The minimum absolute atomic E-state index is 0.119. The summed E-state index contributed by atoms with van der Waals surface area (Å²) in [6, 6.07) is 9.27. The van der Waals surface area contributed by atoms with Gasteiger partial charge in [0.05, 0.1) is 12.7 Å². The van der Waals surface area contributed by atoms with Crippen molar-refractivity contribution in [3.05, 3.63) is 29.3 Å². The van der Waals surface area contributed by atoms with E-state index in [0.29, 0.717) is 11.6 Å². The Balaban J connectivity index is 2.67. The van der Waals surface area contributed by atoms with Crippen molar-refractivity contribution in [2.45, 2.75) is 13.0 Å². The molecule has 86 valence electrons. The Morgan fingerprint density at radius 2 is 2.31 bits per heavy atom. The Kier molecular flexibility index (Phi) is 5.10. The molecule has 0 aliphatic carbocycles. The second kappa shape index (κ2) is 6.37. The molecule has 4 heteroatoms. The molecular weight excluding hydrogens is 224 g/mol. The summed E-state index contributed by atoms with van der Waals surface area (Å²) in [6.45, 7) is 2.51. The Bertz CT molecular complexity index is 376. The lowest BCUT2D eigenvalue weighted by Crippen LogP contribution is -2.28. The van der Waals surface area contributed by atoms with Gasteiger partial charge >= 0.3 is 0 Å². The highest BCUT2D eigenvalue weighted by Crippen LogP contribution is 2.17. The van der Waals surface area contributed by atoms with Gasteiger partial charge in [0.1, 0.15) is 6.04 Å². The molecule has 3 nitrogen and oxygen atoms in total. The summed E-state index contributed by atoms with van der Waals surface area (Å²) in [5, 5.41) is 12.8. The number of hydrogen-bond donors (Lipinski definition) is 1. The first-order valence-corrected chi connectivity index (χ1v) is 5.46. The van der Waals surface area contributed by atoms with Gasteiger partial charge in [0.25, 0.3) is 0 Å². The smallest absolute Gasteiger partial charge is 0.119 e. The zero-order valence-electron chi connectivity index (χ0n) is 9.40. The third kappa shape index (κ3) is 3.73. The molecular formula is C12H15ClN2O. The van der Waals surface area contributed by atoms with Crippen LogP contribution in [0.1, 0.15) is 6.92 Å². The van der Waals surface area contributed by atoms with Crippen LogP contribution in [-0.2, 0) is 4.74 Å². The molecule has 1 N–H and O–H groups in total. The summed E-state index contributed by atoms with van der Waals surface area (Å²) >= 11 is 5.86. The van der Waals surface area contributed by atoms with Crippen molar-refractivity contribution in [1.82, 2.24) is 0 Å². The van der Waals surface area contributed by atoms with Crippen LogP contribution in [0.3, 0.4) is 0 Å². The van der Waals surface area contributed by atoms with E-state index >= 15 is 0 Å². The second-order valence-corrected chi connectivity index (χ2v) is 4.13. The number of halogens is 1. The van der Waals surface area contributed by atoms with Crippen LogP contribution in [0.4, 0.5) is 5.69 Å². The van der Waals surface area contributed by atoms with E-state index < -0.39 is 0 Å². The van der Waals surface area contributed by atoms with E-state index in [1.165, 1.54) is 0 Å². The molecule has 0 radical (unpaired) electrons. The fraction of sp³-hybridized carbons (Fsp3) is 0.417. The number of benzene rings is 1. The molecule has 1 aromatic carbocycles. The summed E-state index contributed by atoms with van der Waals surface area (Å²) in [6.07, 6.45) is 0. The largest absolute Gasteiger partial charge is 0.384 e. The number of hydrogen-bond acceptors (Lipinski definition) is 3. The molecule has 0 aliphatic heterocycles. The predicted octanol–water partition coefficient (Wildman–Crippen LogP) is 2.93. The molecule has 0 aliphatic rings. The second-order valence-electron chi connectivity index (χ2n) is 3.69. The number of nitriles is 1. The Hall–Kier alpha value is -1.24.